The Labute approximate surface area is 150 Å². The van der Waals surface area contributed by atoms with E-state index in [4.69, 9.17) is 9.84 Å². The molecule has 1 aromatic carbocycles. The maximum Gasteiger partial charge on any atom is 0.305 e. The third-order valence-corrected chi connectivity index (χ3v) is 4.71. The molecule has 0 aromatic heterocycles. The number of carboxylic acids is 1. The van der Waals surface area contributed by atoms with E-state index in [1.165, 1.54) is 23.1 Å². The van der Waals surface area contributed by atoms with E-state index in [9.17, 15) is 18.8 Å². The molecule has 0 aliphatic carbocycles. The zero-order chi connectivity index (χ0) is 18.7. The van der Waals surface area contributed by atoms with Crippen LogP contribution in [0.2, 0.25) is 0 Å². The number of carbonyl (C=O) groups excluding carboxylic acids is 2. The molecule has 2 unspecified atom stereocenters. The van der Waals surface area contributed by atoms with E-state index in [-0.39, 0.29) is 43.0 Å². The summed E-state index contributed by atoms with van der Waals surface area (Å²) in [7, 11) is 0. The number of benzene rings is 1. The minimum atomic E-state index is -1.00. The molecule has 2 N–H and O–H groups in total. The van der Waals surface area contributed by atoms with Crippen LogP contribution in [0.5, 0.6) is 0 Å². The molecular weight excluding hydrogens is 343 g/mol. The van der Waals surface area contributed by atoms with Crippen LogP contribution < -0.4 is 5.32 Å². The van der Waals surface area contributed by atoms with E-state index >= 15 is 0 Å². The SMILES string of the molecule is O=C(O)CCN(CC1CCCO1)C(=O)C1CC(=O)Nc2cc(F)ccc21. The van der Waals surface area contributed by atoms with Gasteiger partial charge in [0, 0.05) is 31.8 Å². The Bertz CT molecular complexity index is 718. The zero-order valence-electron chi connectivity index (χ0n) is 14.2. The van der Waals surface area contributed by atoms with Crippen molar-refractivity contribution >= 4 is 23.5 Å². The fourth-order valence-electron chi connectivity index (χ4n) is 3.43. The number of anilines is 1. The lowest BCUT2D eigenvalue weighted by molar-refractivity contribution is -0.140. The molecule has 2 heterocycles. The number of carbonyl (C=O) groups is 3. The molecule has 2 aliphatic heterocycles. The van der Waals surface area contributed by atoms with Crippen LogP contribution in [0.3, 0.4) is 0 Å². The van der Waals surface area contributed by atoms with Crippen LogP contribution >= 0.6 is 0 Å². The first kappa shape index (κ1) is 18.3. The highest BCUT2D eigenvalue weighted by Gasteiger charge is 2.35. The van der Waals surface area contributed by atoms with Crippen molar-refractivity contribution in [2.75, 3.05) is 25.0 Å². The van der Waals surface area contributed by atoms with Crippen molar-refractivity contribution in [1.29, 1.82) is 0 Å². The van der Waals surface area contributed by atoms with Gasteiger partial charge in [-0.2, -0.15) is 0 Å². The fourth-order valence-corrected chi connectivity index (χ4v) is 3.43. The Morgan fingerprint density at radius 3 is 2.88 bits per heavy atom. The van der Waals surface area contributed by atoms with Crippen LogP contribution in [0.25, 0.3) is 0 Å². The number of aliphatic carboxylic acids is 1. The molecular formula is C18H21FN2O5. The van der Waals surface area contributed by atoms with Crippen LogP contribution in [0, 0.1) is 5.82 Å². The third-order valence-electron chi connectivity index (χ3n) is 4.71. The maximum absolute atomic E-state index is 13.5. The normalized spacial score (nSPS) is 21.8. The van der Waals surface area contributed by atoms with Crippen molar-refractivity contribution in [3.05, 3.63) is 29.6 Å². The molecule has 140 valence electrons. The highest BCUT2D eigenvalue weighted by Crippen LogP contribution is 2.34. The summed E-state index contributed by atoms with van der Waals surface area (Å²) >= 11 is 0. The number of halogens is 1. The van der Waals surface area contributed by atoms with Gasteiger partial charge in [0.2, 0.25) is 11.8 Å². The number of hydrogen-bond donors (Lipinski definition) is 2. The fraction of sp³-hybridized carbons (Fsp3) is 0.500. The number of amides is 2. The predicted molar refractivity (Wildman–Crippen MR) is 90.2 cm³/mol. The molecule has 1 fully saturated rings. The lowest BCUT2D eigenvalue weighted by Crippen LogP contribution is -2.43. The van der Waals surface area contributed by atoms with Gasteiger partial charge < -0.3 is 20.1 Å². The van der Waals surface area contributed by atoms with E-state index in [1.807, 2.05) is 0 Å². The predicted octanol–water partition coefficient (Wildman–Crippen LogP) is 1.73. The quantitative estimate of drug-likeness (QED) is 0.801. The first-order valence-electron chi connectivity index (χ1n) is 8.65. The van der Waals surface area contributed by atoms with Crippen molar-refractivity contribution in [2.45, 2.75) is 37.7 Å². The zero-order valence-corrected chi connectivity index (χ0v) is 14.2. The smallest absolute Gasteiger partial charge is 0.305 e. The summed E-state index contributed by atoms with van der Waals surface area (Å²) in [5.41, 5.74) is 0.832. The van der Waals surface area contributed by atoms with Crippen LogP contribution in [-0.2, 0) is 19.1 Å². The Kier molecular flexibility index (Phi) is 5.51. The summed E-state index contributed by atoms with van der Waals surface area (Å²) in [4.78, 5) is 37.5. The number of ether oxygens (including phenoxy) is 1. The monoisotopic (exact) mass is 364 g/mol. The molecule has 0 spiro atoms. The molecule has 0 radical (unpaired) electrons. The molecule has 2 amide bonds. The Hall–Kier alpha value is -2.48. The second-order valence-electron chi connectivity index (χ2n) is 6.60. The van der Waals surface area contributed by atoms with Crippen LogP contribution in [0.1, 0.15) is 37.2 Å². The lowest BCUT2D eigenvalue weighted by Gasteiger charge is -2.31. The molecule has 26 heavy (non-hydrogen) atoms. The molecule has 7 nitrogen and oxygen atoms in total. The van der Waals surface area contributed by atoms with Crippen molar-refractivity contribution in [1.82, 2.24) is 4.90 Å². The van der Waals surface area contributed by atoms with Crippen molar-refractivity contribution in [3.8, 4) is 0 Å². The topological polar surface area (TPSA) is 95.9 Å². The summed E-state index contributed by atoms with van der Waals surface area (Å²) in [5, 5.41) is 11.6. The van der Waals surface area contributed by atoms with E-state index in [2.05, 4.69) is 5.32 Å². The Morgan fingerprint density at radius 2 is 2.19 bits per heavy atom. The molecule has 2 atom stereocenters. The van der Waals surface area contributed by atoms with Gasteiger partial charge in [-0.3, -0.25) is 14.4 Å². The van der Waals surface area contributed by atoms with Crippen molar-refractivity contribution in [3.63, 3.8) is 0 Å². The summed E-state index contributed by atoms with van der Waals surface area (Å²) in [5.74, 6) is -2.95. The van der Waals surface area contributed by atoms with Crippen molar-refractivity contribution < 1.29 is 28.6 Å². The Morgan fingerprint density at radius 1 is 1.38 bits per heavy atom. The third kappa shape index (κ3) is 4.19. The second-order valence-corrected chi connectivity index (χ2v) is 6.60. The maximum atomic E-state index is 13.5. The summed E-state index contributed by atoms with van der Waals surface area (Å²) in [6, 6.07) is 3.93. The summed E-state index contributed by atoms with van der Waals surface area (Å²) in [6.07, 6.45) is 1.35. The molecule has 0 bridgehead atoms. The minimum Gasteiger partial charge on any atom is -0.481 e. The molecule has 2 aliphatic rings. The van der Waals surface area contributed by atoms with Gasteiger partial charge in [-0.1, -0.05) is 6.07 Å². The van der Waals surface area contributed by atoms with Crippen LogP contribution in [0.15, 0.2) is 18.2 Å². The molecule has 1 saturated heterocycles. The summed E-state index contributed by atoms with van der Waals surface area (Å²) < 4.78 is 19.0. The Balaban J connectivity index is 1.82. The lowest BCUT2D eigenvalue weighted by atomic mass is 9.89. The van der Waals surface area contributed by atoms with Crippen LogP contribution in [-0.4, -0.2) is 53.6 Å². The van der Waals surface area contributed by atoms with E-state index in [0.717, 1.165) is 12.8 Å². The average Bonchev–Trinajstić information content (AvgIpc) is 3.09. The first-order chi connectivity index (χ1) is 12.4. The van der Waals surface area contributed by atoms with Gasteiger partial charge in [-0.25, -0.2) is 4.39 Å². The van der Waals surface area contributed by atoms with E-state index < -0.39 is 17.7 Å². The number of rotatable bonds is 6. The van der Waals surface area contributed by atoms with Gasteiger partial charge in [-0.05, 0) is 30.5 Å². The highest BCUT2D eigenvalue weighted by molar-refractivity contribution is 6.01. The van der Waals surface area contributed by atoms with Gasteiger partial charge in [0.1, 0.15) is 5.82 Å². The van der Waals surface area contributed by atoms with E-state index in [0.29, 0.717) is 18.7 Å². The number of nitrogens with one attached hydrogen (secondary N) is 1. The molecule has 0 saturated carbocycles. The van der Waals surface area contributed by atoms with Gasteiger partial charge >= 0.3 is 5.97 Å². The largest absolute Gasteiger partial charge is 0.481 e. The van der Waals surface area contributed by atoms with Gasteiger partial charge in [-0.15, -0.1) is 0 Å². The number of fused-ring (bicyclic) bond motifs is 1. The molecule has 1 aromatic rings. The first-order valence-corrected chi connectivity index (χ1v) is 8.65. The molecule has 3 rings (SSSR count). The minimum absolute atomic E-state index is 0.0443. The van der Waals surface area contributed by atoms with Gasteiger partial charge in [0.05, 0.1) is 18.4 Å². The average molecular weight is 364 g/mol. The summed E-state index contributed by atoms with van der Waals surface area (Å²) in [6.45, 7) is 0.961. The van der Waals surface area contributed by atoms with Crippen LogP contribution in [0.4, 0.5) is 10.1 Å². The number of hydrogen-bond acceptors (Lipinski definition) is 4. The number of nitrogens with zero attached hydrogens (tertiary/aromatic N) is 1. The highest BCUT2D eigenvalue weighted by atomic mass is 19.1. The van der Waals surface area contributed by atoms with Crippen molar-refractivity contribution in [2.24, 2.45) is 0 Å². The molecule has 8 heteroatoms. The van der Waals surface area contributed by atoms with Gasteiger partial charge in [0.25, 0.3) is 0 Å². The van der Waals surface area contributed by atoms with E-state index in [1.54, 1.807) is 0 Å². The standard InChI is InChI=1S/C18H21FN2O5/c19-11-3-4-13-14(9-16(22)20-15(13)8-11)18(25)21(6-5-17(23)24)10-12-2-1-7-26-12/h3-4,8,12,14H,1-2,5-7,9-10H2,(H,20,22)(H,23,24). The number of carboxylic acid groups (broad SMARTS) is 1. The van der Waals surface area contributed by atoms with Gasteiger partial charge in [0.15, 0.2) is 0 Å². The second kappa shape index (κ2) is 7.82.